The minimum Gasteiger partial charge on any atom is -0.366 e. The van der Waals surface area contributed by atoms with Crippen LogP contribution >= 0.6 is 24.0 Å². The second-order valence-corrected chi connectivity index (χ2v) is 4.73. The lowest BCUT2D eigenvalue weighted by Crippen LogP contribution is -2.45. The molecule has 8 heteroatoms. The first-order chi connectivity index (χ1) is 9.61. The van der Waals surface area contributed by atoms with Gasteiger partial charge in [-0.1, -0.05) is 11.6 Å². The number of carbonyl (C=O) groups excluding carboxylic acids is 2. The lowest BCUT2D eigenvalue weighted by atomic mass is 10.1. The molecular formula is C13H17Cl2N3O3. The maximum absolute atomic E-state index is 12.0. The Kier molecular flexibility index (Phi) is 6.91. The van der Waals surface area contributed by atoms with Gasteiger partial charge in [-0.15, -0.1) is 12.4 Å². The van der Waals surface area contributed by atoms with Gasteiger partial charge in [0.05, 0.1) is 17.2 Å². The molecule has 1 aliphatic rings. The van der Waals surface area contributed by atoms with E-state index in [1.165, 1.54) is 13.1 Å². The van der Waals surface area contributed by atoms with Crippen molar-refractivity contribution < 1.29 is 14.3 Å². The molecule has 1 aliphatic heterocycles. The first-order valence-electron chi connectivity index (χ1n) is 6.26. The average molecular weight is 334 g/mol. The SMILES string of the molecule is CNC(=O)c1cc(NC(=O)C2CNCCO2)ccc1Cl.Cl. The Labute approximate surface area is 134 Å². The summed E-state index contributed by atoms with van der Waals surface area (Å²) in [6.07, 6.45) is -0.525. The molecule has 1 unspecified atom stereocenters. The first kappa shape index (κ1) is 17.7. The summed E-state index contributed by atoms with van der Waals surface area (Å²) in [6.45, 7) is 1.72. The summed E-state index contributed by atoms with van der Waals surface area (Å²) in [7, 11) is 1.52. The van der Waals surface area contributed by atoms with E-state index in [1.54, 1.807) is 12.1 Å². The molecule has 0 bridgehead atoms. The molecule has 0 spiro atoms. The number of ether oxygens (including phenoxy) is 1. The number of morpholine rings is 1. The maximum atomic E-state index is 12.0. The minimum absolute atomic E-state index is 0. The molecule has 116 valence electrons. The fourth-order valence-electron chi connectivity index (χ4n) is 1.87. The monoisotopic (exact) mass is 333 g/mol. The molecule has 1 atom stereocenters. The summed E-state index contributed by atoms with van der Waals surface area (Å²) < 4.78 is 5.35. The molecular weight excluding hydrogens is 317 g/mol. The molecule has 0 saturated carbocycles. The number of carbonyl (C=O) groups is 2. The second-order valence-electron chi connectivity index (χ2n) is 4.33. The van der Waals surface area contributed by atoms with Crippen LogP contribution in [0.25, 0.3) is 0 Å². The van der Waals surface area contributed by atoms with Crippen LogP contribution in [-0.2, 0) is 9.53 Å². The molecule has 1 saturated heterocycles. The zero-order chi connectivity index (χ0) is 14.5. The molecule has 2 rings (SSSR count). The van der Waals surface area contributed by atoms with Crippen molar-refractivity contribution in [2.45, 2.75) is 6.10 Å². The van der Waals surface area contributed by atoms with E-state index in [9.17, 15) is 9.59 Å². The quantitative estimate of drug-likeness (QED) is 0.772. The fraction of sp³-hybridized carbons (Fsp3) is 0.385. The van der Waals surface area contributed by atoms with Gasteiger partial charge in [-0.3, -0.25) is 9.59 Å². The zero-order valence-electron chi connectivity index (χ0n) is 11.4. The third kappa shape index (κ3) is 4.57. The van der Waals surface area contributed by atoms with Crippen LogP contribution in [0.3, 0.4) is 0 Å². The average Bonchev–Trinajstić information content (AvgIpc) is 2.49. The highest BCUT2D eigenvalue weighted by Gasteiger charge is 2.22. The van der Waals surface area contributed by atoms with Crippen molar-refractivity contribution in [1.29, 1.82) is 0 Å². The fourth-order valence-corrected chi connectivity index (χ4v) is 2.07. The van der Waals surface area contributed by atoms with Gasteiger partial charge in [0.15, 0.2) is 0 Å². The third-order valence-electron chi connectivity index (χ3n) is 2.93. The number of anilines is 1. The van der Waals surface area contributed by atoms with Crippen LogP contribution in [0.4, 0.5) is 5.69 Å². The van der Waals surface area contributed by atoms with Gasteiger partial charge in [-0.2, -0.15) is 0 Å². The van der Waals surface area contributed by atoms with Crippen molar-refractivity contribution in [3.63, 3.8) is 0 Å². The second kappa shape index (κ2) is 8.19. The van der Waals surface area contributed by atoms with Crippen molar-refractivity contribution >= 4 is 41.5 Å². The third-order valence-corrected chi connectivity index (χ3v) is 3.26. The summed E-state index contributed by atoms with van der Waals surface area (Å²) in [5, 5.41) is 8.62. The standard InChI is InChI=1S/C13H16ClN3O3.ClH/c1-15-12(18)9-6-8(2-3-10(9)14)17-13(19)11-7-16-4-5-20-11;/h2-3,6,11,16H,4-5,7H2,1H3,(H,15,18)(H,17,19);1H. The number of benzene rings is 1. The molecule has 1 aromatic carbocycles. The Bertz CT molecular complexity index is 519. The summed E-state index contributed by atoms with van der Waals surface area (Å²) >= 11 is 5.95. The predicted molar refractivity (Wildman–Crippen MR) is 83.3 cm³/mol. The van der Waals surface area contributed by atoms with Crippen molar-refractivity contribution in [3.05, 3.63) is 28.8 Å². The topological polar surface area (TPSA) is 79.5 Å². The number of hydrogen-bond acceptors (Lipinski definition) is 4. The molecule has 2 amide bonds. The van der Waals surface area contributed by atoms with Crippen LogP contribution in [0.1, 0.15) is 10.4 Å². The summed E-state index contributed by atoms with van der Waals surface area (Å²) in [6, 6.07) is 4.75. The molecule has 1 aromatic rings. The number of nitrogens with one attached hydrogen (secondary N) is 3. The van der Waals surface area contributed by atoms with E-state index >= 15 is 0 Å². The van der Waals surface area contributed by atoms with Crippen LogP contribution in [0, 0.1) is 0 Å². The Hall–Kier alpha value is -1.34. The largest absolute Gasteiger partial charge is 0.366 e. The zero-order valence-corrected chi connectivity index (χ0v) is 13.0. The predicted octanol–water partition coefficient (Wildman–Crippen LogP) is 1.05. The summed E-state index contributed by atoms with van der Waals surface area (Å²) in [5.41, 5.74) is 0.821. The normalized spacial score (nSPS) is 17.5. The molecule has 0 aliphatic carbocycles. The lowest BCUT2D eigenvalue weighted by molar-refractivity contribution is -0.128. The first-order valence-corrected chi connectivity index (χ1v) is 6.64. The van der Waals surface area contributed by atoms with Gasteiger partial charge in [-0.05, 0) is 18.2 Å². The number of rotatable bonds is 3. The highest BCUT2D eigenvalue weighted by atomic mass is 35.5. The summed E-state index contributed by atoms with van der Waals surface area (Å²) in [5.74, 6) is -0.552. The van der Waals surface area contributed by atoms with E-state index in [-0.39, 0.29) is 24.2 Å². The lowest BCUT2D eigenvalue weighted by Gasteiger charge is -2.22. The van der Waals surface area contributed by atoms with E-state index < -0.39 is 6.10 Å². The molecule has 6 nitrogen and oxygen atoms in total. The minimum atomic E-state index is -0.525. The van der Waals surface area contributed by atoms with E-state index in [2.05, 4.69) is 16.0 Å². The maximum Gasteiger partial charge on any atom is 0.254 e. The van der Waals surface area contributed by atoms with Crippen molar-refractivity contribution in [1.82, 2.24) is 10.6 Å². The van der Waals surface area contributed by atoms with Crippen LogP contribution in [0.5, 0.6) is 0 Å². The number of hydrogen-bond donors (Lipinski definition) is 3. The van der Waals surface area contributed by atoms with Crippen molar-refractivity contribution in [2.24, 2.45) is 0 Å². The molecule has 0 radical (unpaired) electrons. The Morgan fingerprint density at radius 3 is 2.81 bits per heavy atom. The summed E-state index contributed by atoms with van der Waals surface area (Å²) in [4.78, 5) is 23.6. The van der Waals surface area contributed by atoms with Gasteiger partial charge in [0.25, 0.3) is 11.8 Å². The Morgan fingerprint density at radius 1 is 1.43 bits per heavy atom. The highest BCUT2D eigenvalue weighted by molar-refractivity contribution is 6.34. The Balaban J connectivity index is 0.00000220. The van der Waals surface area contributed by atoms with E-state index in [0.717, 1.165) is 6.54 Å². The van der Waals surface area contributed by atoms with Crippen molar-refractivity contribution in [2.75, 3.05) is 32.1 Å². The molecule has 0 aromatic heterocycles. The molecule has 3 N–H and O–H groups in total. The van der Waals surface area contributed by atoms with Gasteiger partial charge >= 0.3 is 0 Å². The van der Waals surface area contributed by atoms with Gasteiger partial charge in [0.2, 0.25) is 0 Å². The molecule has 1 heterocycles. The van der Waals surface area contributed by atoms with Gasteiger partial charge in [-0.25, -0.2) is 0 Å². The van der Waals surface area contributed by atoms with Gasteiger partial charge in [0.1, 0.15) is 6.10 Å². The Morgan fingerprint density at radius 2 is 2.19 bits per heavy atom. The highest BCUT2D eigenvalue weighted by Crippen LogP contribution is 2.20. The van der Waals surface area contributed by atoms with E-state index in [0.29, 0.717) is 29.4 Å². The number of amides is 2. The molecule has 1 fully saturated rings. The van der Waals surface area contributed by atoms with Gasteiger partial charge in [0, 0.05) is 25.8 Å². The number of halogens is 2. The van der Waals surface area contributed by atoms with Gasteiger partial charge < -0.3 is 20.7 Å². The van der Waals surface area contributed by atoms with Crippen LogP contribution in [0.2, 0.25) is 5.02 Å². The van der Waals surface area contributed by atoms with Crippen LogP contribution < -0.4 is 16.0 Å². The smallest absolute Gasteiger partial charge is 0.254 e. The molecule has 21 heavy (non-hydrogen) atoms. The van der Waals surface area contributed by atoms with Crippen LogP contribution in [0.15, 0.2) is 18.2 Å². The van der Waals surface area contributed by atoms with E-state index in [1.807, 2.05) is 0 Å². The van der Waals surface area contributed by atoms with E-state index in [4.69, 9.17) is 16.3 Å². The van der Waals surface area contributed by atoms with Crippen LogP contribution in [-0.4, -0.2) is 44.7 Å². The van der Waals surface area contributed by atoms with Crippen molar-refractivity contribution in [3.8, 4) is 0 Å².